The van der Waals surface area contributed by atoms with Crippen LogP contribution in [0.2, 0.25) is 5.02 Å². The van der Waals surface area contributed by atoms with E-state index in [-0.39, 0.29) is 34.3 Å². The number of hydrogen-bond donors (Lipinski definition) is 3. The van der Waals surface area contributed by atoms with Crippen LogP contribution in [-0.4, -0.2) is 38.1 Å². The molecule has 11 heteroatoms. The summed E-state index contributed by atoms with van der Waals surface area (Å²) in [5.41, 5.74) is -0.402. The number of H-pyrrole nitrogens is 1. The third-order valence-corrected chi connectivity index (χ3v) is 3.71. The van der Waals surface area contributed by atoms with Crippen molar-refractivity contribution >= 4 is 41.5 Å². The molecular weight excluding hydrogens is 390 g/mol. The summed E-state index contributed by atoms with van der Waals surface area (Å²) in [7, 11) is 0. The van der Waals surface area contributed by atoms with Crippen molar-refractivity contribution in [3.8, 4) is 11.3 Å². The Morgan fingerprint density at radius 2 is 2.08 bits per heavy atom. The Morgan fingerprint density at radius 3 is 2.73 bits per heavy atom. The van der Waals surface area contributed by atoms with Gasteiger partial charge in [-0.25, -0.2) is 13.9 Å². The van der Waals surface area contributed by atoms with Crippen molar-refractivity contribution in [1.29, 1.82) is 0 Å². The van der Waals surface area contributed by atoms with Gasteiger partial charge in [0.1, 0.15) is 24.3 Å². The zero-order chi connectivity index (χ0) is 18.1. The Hall–Kier alpha value is -2.91. The lowest BCUT2D eigenvalue weighted by atomic mass is 10.1. The number of carboxylic acid groups (broad SMARTS) is 1. The van der Waals surface area contributed by atoms with Crippen LogP contribution in [-0.2, 0) is 4.79 Å². The number of carbonyl (C=O) groups is 2. The molecule has 26 heavy (non-hydrogen) atoms. The molecule has 136 valence electrons. The fraction of sp³-hybridized carbons (Fsp3) is 0.0667. The third-order valence-electron chi connectivity index (χ3n) is 3.41. The van der Waals surface area contributed by atoms with Crippen LogP contribution < -0.4 is 10.7 Å². The molecule has 0 fully saturated rings. The van der Waals surface area contributed by atoms with Gasteiger partial charge in [0.05, 0.1) is 10.7 Å². The minimum Gasteiger partial charge on any atom is -0.480 e. The van der Waals surface area contributed by atoms with E-state index in [4.69, 9.17) is 16.7 Å². The summed E-state index contributed by atoms with van der Waals surface area (Å²) < 4.78 is 15.0. The molecule has 2 aromatic heterocycles. The van der Waals surface area contributed by atoms with Crippen LogP contribution >= 0.6 is 24.0 Å². The van der Waals surface area contributed by atoms with Gasteiger partial charge in [-0.2, -0.15) is 0 Å². The minimum atomic E-state index is -1.25. The van der Waals surface area contributed by atoms with Crippen LogP contribution in [0.25, 0.3) is 16.9 Å². The molecule has 1 amide bonds. The third kappa shape index (κ3) is 3.53. The first-order chi connectivity index (χ1) is 11.9. The van der Waals surface area contributed by atoms with E-state index in [2.05, 4.69) is 15.4 Å². The Bertz CT molecular complexity index is 1060. The van der Waals surface area contributed by atoms with Crippen molar-refractivity contribution in [3.05, 3.63) is 57.2 Å². The van der Waals surface area contributed by atoms with Crippen LogP contribution in [0, 0.1) is 5.82 Å². The molecule has 0 aliphatic carbocycles. The van der Waals surface area contributed by atoms with Gasteiger partial charge in [-0.15, -0.1) is 12.4 Å². The molecule has 3 N–H and O–H groups in total. The molecule has 0 unspecified atom stereocenters. The number of fused-ring (bicyclic) bond motifs is 1. The molecule has 0 radical (unpaired) electrons. The SMILES string of the molecule is Cl.O=C(O)CNC(=O)c1c(=O)cc(-c2ccc(Cl)c(F)c2)n2[nH]cnc12. The predicted octanol–water partition coefficient (Wildman–Crippen LogP) is 1.72. The molecule has 0 aliphatic rings. The van der Waals surface area contributed by atoms with Crippen molar-refractivity contribution in [2.45, 2.75) is 0 Å². The van der Waals surface area contributed by atoms with Crippen molar-refractivity contribution in [3.63, 3.8) is 0 Å². The zero-order valence-electron chi connectivity index (χ0n) is 12.8. The topological polar surface area (TPSA) is 117 Å². The highest BCUT2D eigenvalue weighted by atomic mass is 35.5. The van der Waals surface area contributed by atoms with Crippen LogP contribution in [0.4, 0.5) is 4.39 Å². The fourth-order valence-electron chi connectivity index (χ4n) is 2.32. The van der Waals surface area contributed by atoms with Crippen molar-refractivity contribution in [1.82, 2.24) is 19.9 Å². The maximum atomic E-state index is 13.7. The Labute approximate surface area is 156 Å². The minimum absolute atomic E-state index is 0. The van der Waals surface area contributed by atoms with E-state index in [0.29, 0.717) is 5.56 Å². The highest BCUT2D eigenvalue weighted by Gasteiger charge is 2.20. The molecule has 8 nitrogen and oxygen atoms in total. The van der Waals surface area contributed by atoms with Gasteiger partial charge in [0, 0.05) is 11.6 Å². The summed E-state index contributed by atoms with van der Waals surface area (Å²) in [6.45, 7) is -0.640. The number of aromatic nitrogens is 3. The number of amides is 1. The van der Waals surface area contributed by atoms with Gasteiger partial charge in [0.15, 0.2) is 11.1 Å². The standard InChI is InChI=1S/C15H10ClFN4O4.ClH/c16-8-2-1-7(3-9(8)17)10-4-11(22)13(14-19-6-20-21(10)14)15(25)18-5-12(23)24;/h1-4,6H,5H2,(H,18,25)(H,19,20)(H,23,24);1H. The molecule has 0 spiro atoms. The molecule has 2 heterocycles. The number of aliphatic carboxylic acids is 1. The number of carbonyl (C=O) groups excluding carboxylic acids is 1. The van der Waals surface area contributed by atoms with E-state index >= 15 is 0 Å². The molecular formula is C15H11Cl2FN4O4. The van der Waals surface area contributed by atoms with Gasteiger partial charge >= 0.3 is 5.97 Å². The number of hydrogen-bond acceptors (Lipinski definition) is 4. The molecule has 1 aromatic carbocycles. The van der Waals surface area contributed by atoms with E-state index in [0.717, 1.165) is 12.1 Å². The van der Waals surface area contributed by atoms with Crippen LogP contribution in [0.5, 0.6) is 0 Å². The zero-order valence-corrected chi connectivity index (χ0v) is 14.4. The number of pyridine rings is 1. The maximum absolute atomic E-state index is 13.7. The molecule has 0 saturated carbocycles. The average molecular weight is 401 g/mol. The van der Waals surface area contributed by atoms with Crippen molar-refractivity contribution in [2.75, 3.05) is 6.54 Å². The van der Waals surface area contributed by atoms with Gasteiger partial charge in [-0.3, -0.25) is 19.5 Å². The van der Waals surface area contributed by atoms with Gasteiger partial charge in [-0.05, 0) is 12.1 Å². The first-order valence-corrected chi connectivity index (χ1v) is 7.31. The van der Waals surface area contributed by atoms with E-state index < -0.39 is 29.7 Å². The Kier molecular flexibility index (Phi) is 5.63. The number of carboxylic acids is 1. The average Bonchev–Trinajstić information content (AvgIpc) is 3.03. The number of nitrogens with one attached hydrogen (secondary N) is 2. The second-order valence-corrected chi connectivity index (χ2v) is 5.43. The molecule has 0 bridgehead atoms. The highest BCUT2D eigenvalue weighted by Crippen LogP contribution is 2.24. The summed E-state index contributed by atoms with van der Waals surface area (Å²) in [5.74, 6) is -2.78. The summed E-state index contributed by atoms with van der Waals surface area (Å²) in [6.07, 6.45) is 1.25. The van der Waals surface area contributed by atoms with Crippen molar-refractivity contribution < 1.29 is 19.1 Å². The maximum Gasteiger partial charge on any atom is 0.322 e. The highest BCUT2D eigenvalue weighted by molar-refractivity contribution is 6.30. The predicted molar refractivity (Wildman–Crippen MR) is 93.4 cm³/mol. The molecule has 0 aliphatic heterocycles. The Morgan fingerprint density at radius 1 is 1.35 bits per heavy atom. The first kappa shape index (κ1) is 19.4. The molecule has 3 rings (SSSR count). The number of benzene rings is 1. The van der Waals surface area contributed by atoms with Gasteiger partial charge in [-0.1, -0.05) is 17.7 Å². The Balaban J connectivity index is 0.00000243. The van der Waals surface area contributed by atoms with Crippen LogP contribution in [0.3, 0.4) is 0 Å². The second-order valence-electron chi connectivity index (χ2n) is 5.02. The van der Waals surface area contributed by atoms with Gasteiger partial charge in [0.2, 0.25) is 0 Å². The summed E-state index contributed by atoms with van der Waals surface area (Å²) in [4.78, 5) is 39.0. The van der Waals surface area contributed by atoms with E-state index in [1.165, 1.54) is 23.0 Å². The lowest BCUT2D eigenvalue weighted by Gasteiger charge is -2.09. The number of halogens is 3. The van der Waals surface area contributed by atoms with Crippen LogP contribution in [0.15, 0.2) is 35.4 Å². The quantitative estimate of drug-likeness (QED) is 0.616. The monoisotopic (exact) mass is 400 g/mol. The van der Waals surface area contributed by atoms with E-state index in [9.17, 15) is 18.8 Å². The van der Waals surface area contributed by atoms with Crippen molar-refractivity contribution in [2.24, 2.45) is 0 Å². The van der Waals surface area contributed by atoms with Gasteiger partial charge in [0.25, 0.3) is 5.91 Å². The summed E-state index contributed by atoms with van der Waals surface area (Å²) in [5, 5.41) is 13.4. The van der Waals surface area contributed by atoms with Gasteiger partial charge < -0.3 is 10.4 Å². The largest absolute Gasteiger partial charge is 0.480 e. The number of nitrogens with zero attached hydrogens (tertiary/aromatic N) is 2. The molecule has 3 aromatic rings. The normalized spacial score (nSPS) is 10.4. The smallest absolute Gasteiger partial charge is 0.322 e. The fourth-order valence-corrected chi connectivity index (χ4v) is 2.44. The molecule has 0 atom stereocenters. The summed E-state index contributed by atoms with van der Waals surface area (Å²) >= 11 is 5.66. The molecule has 0 saturated heterocycles. The summed E-state index contributed by atoms with van der Waals surface area (Å²) in [6, 6.07) is 5.13. The lowest BCUT2D eigenvalue weighted by molar-refractivity contribution is -0.135. The number of aromatic amines is 1. The number of rotatable bonds is 4. The second kappa shape index (κ2) is 7.54. The van der Waals surface area contributed by atoms with E-state index in [1.54, 1.807) is 0 Å². The lowest BCUT2D eigenvalue weighted by Crippen LogP contribution is -2.33. The van der Waals surface area contributed by atoms with E-state index in [1.807, 2.05) is 0 Å². The van der Waals surface area contributed by atoms with Crippen LogP contribution in [0.1, 0.15) is 10.4 Å². The first-order valence-electron chi connectivity index (χ1n) is 6.93.